The van der Waals surface area contributed by atoms with Crippen LogP contribution in [0.4, 0.5) is 0 Å². The van der Waals surface area contributed by atoms with Crippen LogP contribution >= 0.6 is 0 Å². The van der Waals surface area contributed by atoms with Crippen molar-refractivity contribution >= 4 is 16.7 Å². The number of unbranched alkanes of at least 4 members (excludes halogenated alkanes) is 9. The molecule has 0 heterocycles. The van der Waals surface area contributed by atoms with E-state index in [0.717, 1.165) is 38.4 Å². The molecule has 0 rings (SSSR count). The molecule has 0 aliphatic rings. The van der Waals surface area contributed by atoms with Crippen LogP contribution in [-0.2, 0) is 19.4 Å². The van der Waals surface area contributed by atoms with Gasteiger partial charge in [0.15, 0.2) is 0 Å². The molecule has 0 saturated heterocycles. The highest BCUT2D eigenvalue weighted by molar-refractivity contribution is 7.80. The van der Waals surface area contributed by atoms with Gasteiger partial charge in [-0.2, -0.15) is 8.42 Å². The lowest BCUT2D eigenvalue weighted by Gasteiger charge is -2.02. The van der Waals surface area contributed by atoms with Gasteiger partial charge in [-0.3, -0.25) is 4.55 Å². The molecule has 0 aromatic carbocycles. The van der Waals surface area contributed by atoms with Gasteiger partial charge in [0.05, 0.1) is 6.61 Å². The van der Waals surface area contributed by atoms with E-state index in [-0.39, 0.29) is 6.61 Å². The van der Waals surface area contributed by atoms with Crippen molar-refractivity contribution in [3.63, 3.8) is 0 Å². The molecule has 0 bridgehead atoms. The van der Waals surface area contributed by atoms with E-state index in [1.54, 1.807) is 0 Å². The molecule has 0 unspecified atom stereocenters. The minimum absolute atomic E-state index is 0.0600. The fourth-order valence-electron chi connectivity index (χ4n) is 1.73. The Morgan fingerprint density at radius 1 is 0.833 bits per heavy atom. The summed E-state index contributed by atoms with van der Waals surface area (Å²) in [6.45, 7) is 0.0600. The lowest BCUT2D eigenvalue weighted by atomic mass is 10.1. The van der Waals surface area contributed by atoms with Crippen molar-refractivity contribution in [2.75, 3.05) is 6.61 Å². The molecule has 0 saturated carbocycles. The third kappa shape index (κ3) is 15.5. The summed E-state index contributed by atoms with van der Waals surface area (Å²) >= 11 is 0. The van der Waals surface area contributed by atoms with Gasteiger partial charge in [0, 0.05) is 6.42 Å². The largest absolute Gasteiger partial charge is 0.397 e. The van der Waals surface area contributed by atoms with E-state index in [0.29, 0.717) is 12.8 Å². The molecule has 0 aromatic heterocycles. The topological polar surface area (TPSA) is 80.7 Å². The van der Waals surface area contributed by atoms with Gasteiger partial charge in [0.2, 0.25) is 0 Å². The molecule has 5 nitrogen and oxygen atoms in total. The molecule has 0 aromatic rings. The fourth-order valence-corrected chi connectivity index (χ4v) is 2.06. The Kier molecular flexibility index (Phi) is 11.3. The number of rotatable bonds is 13. The van der Waals surface area contributed by atoms with Crippen LogP contribution in [-0.4, -0.2) is 25.9 Å². The highest BCUT2D eigenvalue weighted by Crippen LogP contribution is 2.10. The van der Waals surface area contributed by atoms with Crippen molar-refractivity contribution in [3.05, 3.63) is 0 Å². The minimum Gasteiger partial charge on any atom is -0.303 e. The quantitative estimate of drug-likeness (QED) is 0.319. The first kappa shape index (κ1) is 17.5. The van der Waals surface area contributed by atoms with Crippen LogP contribution in [0.3, 0.4) is 0 Å². The summed E-state index contributed by atoms with van der Waals surface area (Å²) in [4.78, 5) is 10.1. The smallest absolute Gasteiger partial charge is 0.303 e. The number of hydrogen-bond donors (Lipinski definition) is 1. The predicted octanol–water partition coefficient (Wildman–Crippen LogP) is 2.91. The summed E-state index contributed by atoms with van der Waals surface area (Å²) in [7, 11) is -4.26. The van der Waals surface area contributed by atoms with Gasteiger partial charge in [0.25, 0.3) is 0 Å². The Bertz CT molecular complexity index is 287. The van der Waals surface area contributed by atoms with Crippen LogP contribution in [0.15, 0.2) is 0 Å². The van der Waals surface area contributed by atoms with Crippen molar-refractivity contribution in [1.82, 2.24) is 0 Å². The van der Waals surface area contributed by atoms with Crippen LogP contribution in [0, 0.1) is 0 Å². The molecule has 108 valence electrons. The van der Waals surface area contributed by atoms with Crippen molar-refractivity contribution in [1.29, 1.82) is 0 Å². The number of aldehydes is 1. The number of carbonyl (C=O) groups is 1. The van der Waals surface area contributed by atoms with Crippen molar-refractivity contribution in [2.45, 2.75) is 64.2 Å². The molecule has 0 spiro atoms. The third-order valence-corrected chi connectivity index (χ3v) is 3.16. The first-order valence-electron chi connectivity index (χ1n) is 6.62. The Morgan fingerprint density at radius 2 is 1.28 bits per heavy atom. The van der Waals surface area contributed by atoms with E-state index in [1.807, 2.05) is 0 Å². The SMILES string of the molecule is O=CCCCCCCCCCCCOS(=O)(=O)O. The van der Waals surface area contributed by atoms with Crippen LogP contribution in [0.5, 0.6) is 0 Å². The standard InChI is InChI=1S/C12H24O5S/c13-11-9-7-5-3-1-2-4-6-8-10-12-17-18(14,15)16/h11H,1-10,12H2,(H,14,15,16). The zero-order chi connectivity index (χ0) is 13.7. The Balaban J connectivity index is 3.05. The zero-order valence-corrected chi connectivity index (χ0v) is 11.7. The lowest BCUT2D eigenvalue weighted by Crippen LogP contribution is -2.04. The summed E-state index contributed by atoms with van der Waals surface area (Å²) in [5.74, 6) is 0. The van der Waals surface area contributed by atoms with Crippen LogP contribution in [0.25, 0.3) is 0 Å². The van der Waals surface area contributed by atoms with E-state index in [2.05, 4.69) is 4.18 Å². The molecule has 1 N–H and O–H groups in total. The third-order valence-electron chi connectivity index (χ3n) is 2.70. The second-order valence-corrected chi connectivity index (χ2v) is 5.48. The van der Waals surface area contributed by atoms with Crippen molar-refractivity contribution < 1.29 is 21.9 Å². The van der Waals surface area contributed by atoms with Crippen LogP contribution in [0.1, 0.15) is 64.2 Å². The maximum atomic E-state index is 10.2. The summed E-state index contributed by atoms with van der Waals surface area (Å²) in [5.41, 5.74) is 0. The van der Waals surface area contributed by atoms with E-state index < -0.39 is 10.4 Å². The second-order valence-electron chi connectivity index (χ2n) is 4.39. The van der Waals surface area contributed by atoms with E-state index in [4.69, 9.17) is 4.55 Å². The van der Waals surface area contributed by atoms with Gasteiger partial charge in [-0.1, -0.05) is 44.9 Å². The maximum Gasteiger partial charge on any atom is 0.397 e. The minimum atomic E-state index is -4.26. The zero-order valence-electron chi connectivity index (χ0n) is 10.8. The molecule has 0 atom stereocenters. The second kappa shape index (κ2) is 11.6. The van der Waals surface area contributed by atoms with Gasteiger partial charge in [-0.05, 0) is 12.8 Å². The molecular weight excluding hydrogens is 256 g/mol. The molecule has 0 amide bonds. The monoisotopic (exact) mass is 280 g/mol. The summed E-state index contributed by atoms with van der Waals surface area (Å²) in [6, 6.07) is 0. The number of carbonyl (C=O) groups excluding carboxylic acids is 1. The molecule has 0 aliphatic heterocycles. The summed E-state index contributed by atoms with van der Waals surface area (Å²) < 4.78 is 33.0. The maximum absolute atomic E-state index is 10.2. The highest BCUT2D eigenvalue weighted by atomic mass is 32.3. The van der Waals surface area contributed by atoms with Gasteiger partial charge in [-0.15, -0.1) is 0 Å². The Labute approximate surface area is 110 Å². The normalized spacial score (nSPS) is 11.6. The van der Waals surface area contributed by atoms with Crippen molar-refractivity contribution in [3.8, 4) is 0 Å². The van der Waals surface area contributed by atoms with E-state index in [9.17, 15) is 13.2 Å². The highest BCUT2D eigenvalue weighted by Gasteiger charge is 2.02. The van der Waals surface area contributed by atoms with E-state index in [1.165, 1.54) is 19.3 Å². The molecule has 0 radical (unpaired) electrons. The van der Waals surface area contributed by atoms with E-state index >= 15 is 0 Å². The molecule has 6 heteroatoms. The molecule has 0 fully saturated rings. The average Bonchev–Trinajstić information content (AvgIpc) is 2.29. The Hall–Kier alpha value is -0.460. The first-order valence-corrected chi connectivity index (χ1v) is 7.98. The molecule has 0 aliphatic carbocycles. The Morgan fingerprint density at radius 3 is 1.72 bits per heavy atom. The van der Waals surface area contributed by atoms with Gasteiger partial charge in [-0.25, -0.2) is 4.18 Å². The number of hydrogen-bond acceptors (Lipinski definition) is 4. The van der Waals surface area contributed by atoms with Gasteiger partial charge in [0.1, 0.15) is 6.29 Å². The predicted molar refractivity (Wildman–Crippen MR) is 69.7 cm³/mol. The van der Waals surface area contributed by atoms with Crippen LogP contribution in [0.2, 0.25) is 0 Å². The van der Waals surface area contributed by atoms with Crippen molar-refractivity contribution in [2.24, 2.45) is 0 Å². The fraction of sp³-hybridized carbons (Fsp3) is 0.917. The first-order chi connectivity index (χ1) is 8.56. The molecule has 18 heavy (non-hydrogen) atoms. The summed E-state index contributed by atoms with van der Waals surface area (Å²) in [6.07, 6.45) is 11.1. The van der Waals surface area contributed by atoms with Gasteiger partial charge >= 0.3 is 10.4 Å². The lowest BCUT2D eigenvalue weighted by molar-refractivity contribution is -0.107. The average molecular weight is 280 g/mol. The molecular formula is C12H24O5S. The van der Waals surface area contributed by atoms with Gasteiger partial charge < -0.3 is 4.79 Å². The van der Waals surface area contributed by atoms with Crippen LogP contribution < -0.4 is 0 Å². The summed E-state index contributed by atoms with van der Waals surface area (Å²) in [5, 5.41) is 0.